The number of H-pyrrole nitrogens is 1. The Labute approximate surface area is 128 Å². The van der Waals surface area contributed by atoms with E-state index in [0.717, 1.165) is 0 Å². The summed E-state index contributed by atoms with van der Waals surface area (Å²) in [4.78, 5) is 27.7. The van der Waals surface area contributed by atoms with E-state index in [2.05, 4.69) is 4.98 Å². The van der Waals surface area contributed by atoms with Crippen LogP contribution >= 0.6 is 22.9 Å². The first-order chi connectivity index (χ1) is 10.1. The van der Waals surface area contributed by atoms with E-state index in [1.807, 2.05) is 5.38 Å². The van der Waals surface area contributed by atoms with Gasteiger partial charge in [-0.2, -0.15) is 11.3 Å². The Balaban J connectivity index is 2.58. The van der Waals surface area contributed by atoms with Crippen molar-refractivity contribution in [3.8, 4) is 16.9 Å². The van der Waals surface area contributed by atoms with Crippen molar-refractivity contribution in [1.29, 1.82) is 0 Å². The van der Waals surface area contributed by atoms with Gasteiger partial charge in [0.25, 0.3) is 5.56 Å². The van der Waals surface area contributed by atoms with Crippen LogP contribution in [0.5, 0.6) is 5.75 Å². The number of halogens is 1. The lowest BCUT2D eigenvalue weighted by atomic mass is 10.1. The SMILES string of the molecule is COc1c(-c2ccsc2)c(=O)c2ccc(Cl)cc2[nH]c1=O. The number of nitrogens with one attached hydrogen (secondary N) is 1. The molecule has 2 heterocycles. The second-order valence-corrected chi connectivity index (χ2v) is 5.61. The molecule has 2 aromatic heterocycles. The van der Waals surface area contributed by atoms with E-state index in [0.29, 0.717) is 21.5 Å². The third-order valence-electron chi connectivity index (χ3n) is 3.15. The van der Waals surface area contributed by atoms with E-state index in [1.165, 1.54) is 18.4 Å². The van der Waals surface area contributed by atoms with Gasteiger partial charge in [-0.15, -0.1) is 0 Å². The van der Waals surface area contributed by atoms with E-state index in [4.69, 9.17) is 16.3 Å². The zero-order chi connectivity index (χ0) is 15.0. The molecule has 0 aliphatic carbocycles. The average molecular weight is 320 g/mol. The largest absolute Gasteiger partial charge is 0.491 e. The molecule has 4 nitrogen and oxygen atoms in total. The van der Waals surface area contributed by atoms with E-state index in [1.54, 1.807) is 29.6 Å². The summed E-state index contributed by atoms with van der Waals surface area (Å²) in [5.41, 5.74) is 0.581. The molecule has 21 heavy (non-hydrogen) atoms. The Morgan fingerprint density at radius 2 is 2.05 bits per heavy atom. The Morgan fingerprint density at radius 3 is 2.71 bits per heavy atom. The maximum Gasteiger partial charge on any atom is 0.291 e. The maximum atomic E-state index is 12.8. The number of methoxy groups -OCH3 is 1. The smallest absolute Gasteiger partial charge is 0.291 e. The van der Waals surface area contributed by atoms with Gasteiger partial charge in [-0.05, 0) is 35.0 Å². The van der Waals surface area contributed by atoms with E-state index in [9.17, 15) is 9.59 Å². The van der Waals surface area contributed by atoms with Crippen LogP contribution in [0.2, 0.25) is 5.02 Å². The van der Waals surface area contributed by atoms with Crippen LogP contribution in [0.25, 0.3) is 22.0 Å². The fourth-order valence-electron chi connectivity index (χ4n) is 2.21. The van der Waals surface area contributed by atoms with Crippen molar-refractivity contribution in [2.45, 2.75) is 0 Å². The molecule has 0 fully saturated rings. The van der Waals surface area contributed by atoms with E-state index in [-0.39, 0.29) is 16.7 Å². The van der Waals surface area contributed by atoms with Gasteiger partial charge in [0.2, 0.25) is 0 Å². The summed E-state index contributed by atoms with van der Waals surface area (Å²) >= 11 is 7.37. The highest BCUT2D eigenvalue weighted by molar-refractivity contribution is 7.08. The molecule has 0 radical (unpaired) electrons. The molecule has 0 atom stereocenters. The number of hydrogen-bond donors (Lipinski definition) is 1. The Morgan fingerprint density at radius 1 is 1.24 bits per heavy atom. The van der Waals surface area contributed by atoms with Gasteiger partial charge >= 0.3 is 0 Å². The lowest BCUT2D eigenvalue weighted by molar-refractivity contribution is 0.411. The van der Waals surface area contributed by atoms with Crippen LogP contribution < -0.4 is 15.7 Å². The van der Waals surface area contributed by atoms with Crippen LogP contribution in [0.4, 0.5) is 0 Å². The number of rotatable bonds is 2. The molecule has 0 amide bonds. The van der Waals surface area contributed by atoms with Gasteiger partial charge < -0.3 is 9.72 Å². The summed E-state index contributed by atoms with van der Waals surface area (Å²) in [6.45, 7) is 0. The van der Waals surface area contributed by atoms with Crippen LogP contribution in [0.3, 0.4) is 0 Å². The summed E-state index contributed by atoms with van der Waals surface area (Å²) in [6.07, 6.45) is 0. The quantitative estimate of drug-likeness (QED) is 0.788. The molecule has 1 aromatic carbocycles. The van der Waals surface area contributed by atoms with Gasteiger partial charge in [-0.25, -0.2) is 0 Å². The molecular weight excluding hydrogens is 310 g/mol. The second-order valence-electron chi connectivity index (χ2n) is 4.39. The number of thiophene rings is 1. The molecule has 0 saturated heterocycles. The molecule has 0 aliphatic heterocycles. The van der Waals surface area contributed by atoms with Crippen molar-refractivity contribution >= 4 is 33.8 Å². The molecular formula is C15H10ClNO3S. The van der Waals surface area contributed by atoms with Gasteiger partial charge in [0.15, 0.2) is 11.2 Å². The summed E-state index contributed by atoms with van der Waals surface area (Å²) in [5, 5.41) is 4.48. The molecule has 3 rings (SSSR count). The van der Waals surface area contributed by atoms with Crippen molar-refractivity contribution in [2.24, 2.45) is 0 Å². The normalized spacial score (nSPS) is 10.8. The zero-order valence-corrected chi connectivity index (χ0v) is 12.5. The second kappa shape index (κ2) is 5.35. The molecule has 0 bridgehead atoms. The van der Waals surface area contributed by atoms with E-state index >= 15 is 0 Å². The monoisotopic (exact) mass is 319 g/mol. The minimum Gasteiger partial charge on any atom is -0.491 e. The number of aromatic nitrogens is 1. The minimum atomic E-state index is -0.465. The number of fused-ring (bicyclic) bond motifs is 1. The first-order valence-electron chi connectivity index (χ1n) is 6.08. The minimum absolute atomic E-state index is 0.00530. The summed E-state index contributed by atoms with van der Waals surface area (Å²) in [5.74, 6) is 0.00530. The fourth-order valence-corrected chi connectivity index (χ4v) is 3.03. The molecule has 1 N–H and O–H groups in total. The van der Waals surface area contributed by atoms with Gasteiger partial charge in [0.05, 0.1) is 18.2 Å². The first-order valence-corrected chi connectivity index (χ1v) is 7.40. The van der Waals surface area contributed by atoms with Crippen LogP contribution in [0.15, 0.2) is 44.6 Å². The number of ether oxygens (including phenoxy) is 1. The third-order valence-corrected chi connectivity index (χ3v) is 4.07. The lowest BCUT2D eigenvalue weighted by Gasteiger charge is -2.00. The fraction of sp³-hybridized carbons (Fsp3) is 0.0667. The Hall–Kier alpha value is -2.11. The van der Waals surface area contributed by atoms with E-state index < -0.39 is 5.56 Å². The first kappa shape index (κ1) is 13.9. The topological polar surface area (TPSA) is 59.2 Å². The van der Waals surface area contributed by atoms with Crippen LogP contribution in [0.1, 0.15) is 0 Å². The highest BCUT2D eigenvalue weighted by Crippen LogP contribution is 2.26. The standard InChI is InChI=1S/C15H10ClNO3S/c1-20-14-12(8-4-5-21-7-8)13(18)10-3-2-9(16)6-11(10)17-15(14)19/h2-7H,1H3,(H,17,19). The van der Waals surface area contributed by atoms with Gasteiger partial charge in [0, 0.05) is 16.0 Å². The molecule has 0 saturated carbocycles. The maximum absolute atomic E-state index is 12.8. The van der Waals surface area contributed by atoms with Crippen molar-refractivity contribution < 1.29 is 4.74 Å². The third kappa shape index (κ3) is 2.34. The number of aromatic amines is 1. The van der Waals surface area contributed by atoms with Gasteiger partial charge in [-0.3, -0.25) is 9.59 Å². The highest BCUT2D eigenvalue weighted by atomic mass is 35.5. The van der Waals surface area contributed by atoms with Crippen molar-refractivity contribution in [3.63, 3.8) is 0 Å². The van der Waals surface area contributed by atoms with Crippen molar-refractivity contribution in [1.82, 2.24) is 4.98 Å². The number of hydrogen-bond acceptors (Lipinski definition) is 4. The average Bonchev–Trinajstić information content (AvgIpc) is 2.94. The Bertz CT molecular complexity index is 932. The lowest BCUT2D eigenvalue weighted by Crippen LogP contribution is -2.09. The zero-order valence-electron chi connectivity index (χ0n) is 11.0. The van der Waals surface area contributed by atoms with Gasteiger partial charge in [-0.1, -0.05) is 11.6 Å². The molecule has 106 valence electrons. The molecule has 0 unspecified atom stereocenters. The number of benzene rings is 1. The molecule has 3 aromatic rings. The van der Waals surface area contributed by atoms with Crippen molar-refractivity contribution in [3.05, 3.63) is 60.6 Å². The molecule has 0 aliphatic rings. The predicted octanol–water partition coefficient (Wildman–Crippen LogP) is 3.28. The summed E-state index contributed by atoms with van der Waals surface area (Å²) in [7, 11) is 1.37. The van der Waals surface area contributed by atoms with Crippen LogP contribution in [0, 0.1) is 0 Å². The van der Waals surface area contributed by atoms with Crippen LogP contribution in [-0.2, 0) is 0 Å². The summed E-state index contributed by atoms with van der Waals surface area (Å²) in [6, 6.07) is 6.56. The van der Waals surface area contributed by atoms with Crippen LogP contribution in [-0.4, -0.2) is 12.1 Å². The molecule has 6 heteroatoms. The predicted molar refractivity (Wildman–Crippen MR) is 85.7 cm³/mol. The Kier molecular flexibility index (Phi) is 3.53. The summed E-state index contributed by atoms with van der Waals surface area (Å²) < 4.78 is 5.17. The highest BCUT2D eigenvalue weighted by Gasteiger charge is 2.16. The molecule has 0 spiro atoms. The van der Waals surface area contributed by atoms with Crippen molar-refractivity contribution in [2.75, 3.05) is 7.11 Å². The van der Waals surface area contributed by atoms with Gasteiger partial charge in [0.1, 0.15) is 0 Å².